The van der Waals surface area contributed by atoms with Crippen molar-refractivity contribution in [2.24, 2.45) is 5.92 Å². The highest BCUT2D eigenvalue weighted by molar-refractivity contribution is 7.88. The van der Waals surface area contributed by atoms with Gasteiger partial charge in [-0.05, 0) is 51.1 Å². The van der Waals surface area contributed by atoms with Crippen LogP contribution in [0, 0.1) is 5.92 Å². The zero-order valence-corrected chi connectivity index (χ0v) is 13.2. The summed E-state index contributed by atoms with van der Waals surface area (Å²) >= 11 is 0. The average molecular weight is 288 g/mol. The number of hydrogen-bond acceptors (Lipinski definition) is 3. The average Bonchev–Trinajstić information content (AvgIpc) is 2.39. The maximum atomic E-state index is 11.6. The van der Waals surface area contributed by atoms with Gasteiger partial charge in [-0.2, -0.15) is 0 Å². The van der Waals surface area contributed by atoms with Crippen molar-refractivity contribution in [1.82, 2.24) is 9.21 Å². The Morgan fingerprint density at radius 1 is 1.05 bits per heavy atom. The summed E-state index contributed by atoms with van der Waals surface area (Å²) in [5, 5.41) is 0. The maximum Gasteiger partial charge on any atom is 0.211 e. The quantitative estimate of drug-likeness (QED) is 0.793. The van der Waals surface area contributed by atoms with E-state index in [1.54, 1.807) is 4.31 Å². The molecule has 2 heterocycles. The zero-order valence-electron chi connectivity index (χ0n) is 12.3. The fourth-order valence-electron chi connectivity index (χ4n) is 3.71. The minimum atomic E-state index is -2.98. The van der Waals surface area contributed by atoms with E-state index in [-0.39, 0.29) is 0 Å². The first-order chi connectivity index (χ1) is 9.02. The van der Waals surface area contributed by atoms with Crippen LogP contribution >= 0.6 is 0 Å². The molecule has 0 aromatic rings. The first kappa shape index (κ1) is 15.3. The summed E-state index contributed by atoms with van der Waals surface area (Å²) in [4.78, 5) is 2.66. The molecule has 19 heavy (non-hydrogen) atoms. The summed E-state index contributed by atoms with van der Waals surface area (Å²) < 4.78 is 24.8. The summed E-state index contributed by atoms with van der Waals surface area (Å²) in [5.41, 5.74) is 0. The Balaban J connectivity index is 1.92. The van der Waals surface area contributed by atoms with Crippen LogP contribution in [0.5, 0.6) is 0 Å². The molecule has 2 rings (SSSR count). The van der Waals surface area contributed by atoms with E-state index in [9.17, 15) is 8.42 Å². The molecule has 0 aromatic carbocycles. The molecular formula is C14H28N2O2S. The van der Waals surface area contributed by atoms with E-state index in [0.717, 1.165) is 25.9 Å². The highest BCUT2D eigenvalue weighted by Crippen LogP contribution is 2.31. The third-order valence-corrected chi connectivity index (χ3v) is 5.99. The van der Waals surface area contributed by atoms with Gasteiger partial charge in [0.15, 0.2) is 0 Å². The molecule has 1 atom stereocenters. The van der Waals surface area contributed by atoms with Crippen molar-refractivity contribution in [3.05, 3.63) is 0 Å². The molecule has 112 valence electrons. The van der Waals surface area contributed by atoms with Gasteiger partial charge >= 0.3 is 0 Å². The van der Waals surface area contributed by atoms with Crippen molar-refractivity contribution in [3.63, 3.8) is 0 Å². The maximum absolute atomic E-state index is 11.6. The van der Waals surface area contributed by atoms with Crippen molar-refractivity contribution >= 4 is 10.0 Å². The normalized spacial score (nSPS) is 28.6. The molecule has 2 aliphatic heterocycles. The van der Waals surface area contributed by atoms with Crippen molar-refractivity contribution in [2.45, 2.75) is 51.5 Å². The first-order valence-electron chi connectivity index (χ1n) is 7.71. The van der Waals surface area contributed by atoms with Gasteiger partial charge in [-0.25, -0.2) is 12.7 Å². The van der Waals surface area contributed by atoms with E-state index < -0.39 is 10.0 Å². The molecule has 2 fully saturated rings. The number of sulfonamides is 1. The van der Waals surface area contributed by atoms with Crippen LogP contribution in [0.1, 0.15) is 45.4 Å². The number of rotatable bonds is 4. The molecule has 0 radical (unpaired) electrons. The lowest BCUT2D eigenvalue weighted by Gasteiger charge is -2.43. The van der Waals surface area contributed by atoms with Gasteiger partial charge < -0.3 is 4.90 Å². The number of hydrogen-bond donors (Lipinski definition) is 0. The minimum Gasteiger partial charge on any atom is -0.300 e. The molecule has 0 N–H and O–H groups in total. The van der Waals surface area contributed by atoms with E-state index >= 15 is 0 Å². The van der Waals surface area contributed by atoms with Crippen molar-refractivity contribution < 1.29 is 8.42 Å². The summed E-state index contributed by atoms with van der Waals surface area (Å²) in [6.45, 7) is 6.14. The van der Waals surface area contributed by atoms with Gasteiger partial charge in [0.1, 0.15) is 0 Å². The van der Waals surface area contributed by atoms with Crippen LogP contribution in [0.2, 0.25) is 0 Å². The molecule has 0 aliphatic carbocycles. The predicted molar refractivity (Wildman–Crippen MR) is 78.6 cm³/mol. The SMILES string of the molecule is CCCN1CCCCC1C1CCN(S(C)(=O)=O)CC1. The second-order valence-electron chi connectivity index (χ2n) is 6.10. The van der Waals surface area contributed by atoms with E-state index in [1.807, 2.05) is 0 Å². The lowest BCUT2D eigenvalue weighted by molar-refractivity contribution is 0.0748. The third-order valence-electron chi connectivity index (χ3n) is 4.69. The van der Waals surface area contributed by atoms with Crippen molar-refractivity contribution in [2.75, 3.05) is 32.4 Å². The topological polar surface area (TPSA) is 40.6 Å². The van der Waals surface area contributed by atoms with Crippen molar-refractivity contribution in [3.8, 4) is 0 Å². The lowest BCUT2D eigenvalue weighted by atomic mass is 9.84. The standard InChI is InChI=1S/C14H28N2O2S/c1-3-9-15-10-5-4-6-14(15)13-7-11-16(12-8-13)19(2,17)18/h13-14H,3-12H2,1-2H3. The van der Waals surface area contributed by atoms with Crippen LogP contribution in [0.15, 0.2) is 0 Å². The summed E-state index contributed by atoms with van der Waals surface area (Å²) in [6, 6.07) is 0.704. The molecule has 0 spiro atoms. The molecule has 4 nitrogen and oxygen atoms in total. The molecule has 0 bridgehead atoms. The van der Waals surface area contributed by atoms with Crippen LogP contribution in [-0.2, 0) is 10.0 Å². The summed E-state index contributed by atoms with van der Waals surface area (Å²) in [6.07, 6.45) is 8.62. The van der Waals surface area contributed by atoms with Gasteiger partial charge in [0.05, 0.1) is 6.26 Å². The van der Waals surface area contributed by atoms with Gasteiger partial charge in [0.2, 0.25) is 10.0 Å². The molecule has 0 aromatic heterocycles. The largest absolute Gasteiger partial charge is 0.300 e. The Bertz CT molecular complexity index is 373. The van der Waals surface area contributed by atoms with Gasteiger partial charge in [0.25, 0.3) is 0 Å². The number of likely N-dealkylation sites (tertiary alicyclic amines) is 1. The molecule has 0 saturated carbocycles. The van der Waals surface area contributed by atoms with Crippen LogP contribution < -0.4 is 0 Å². The number of piperidine rings is 2. The fourth-order valence-corrected chi connectivity index (χ4v) is 4.58. The number of nitrogens with zero attached hydrogens (tertiary/aromatic N) is 2. The van der Waals surface area contributed by atoms with Gasteiger partial charge in [-0.15, -0.1) is 0 Å². The van der Waals surface area contributed by atoms with Crippen LogP contribution in [0.3, 0.4) is 0 Å². The Kier molecular flexibility index (Phi) is 5.26. The Morgan fingerprint density at radius 3 is 2.32 bits per heavy atom. The van der Waals surface area contributed by atoms with E-state index in [2.05, 4.69) is 11.8 Å². The van der Waals surface area contributed by atoms with Crippen molar-refractivity contribution in [1.29, 1.82) is 0 Å². The molecule has 5 heteroatoms. The molecule has 2 aliphatic rings. The molecule has 1 unspecified atom stereocenters. The smallest absolute Gasteiger partial charge is 0.211 e. The minimum absolute atomic E-state index is 0.699. The highest BCUT2D eigenvalue weighted by atomic mass is 32.2. The van der Waals surface area contributed by atoms with E-state index in [4.69, 9.17) is 0 Å². The van der Waals surface area contributed by atoms with E-state index in [1.165, 1.54) is 45.0 Å². The summed E-state index contributed by atoms with van der Waals surface area (Å²) in [7, 11) is -2.98. The second kappa shape index (κ2) is 6.55. The van der Waals surface area contributed by atoms with Gasteiger partial charge in [0, 0.05) is 19.1 Å². The lowest BCUT2D eigenvalue weighted by Crippen LogP contribution is -2.48. The fraction of sp³-hybridized carbons (Fsp3) is 1.00. The van der Waals surface area contributed by atoms with Gasteiger partial charge in [-0.1, -0.05) is 13.3 Å². The first-order valence-corrected chi connectivity index (χ1v) is 9.56. The second-order valence-corrected chi connectivity index (χ2v) is 8.08. The monoisotopic (exact) mass is 288 g/mol. The Hall–Kier alpha value is -0.130. The predicted octanol–water partition coefficient (Wildman–Crippen LogP) is 1.92. The molecule has 2 saturated heterocycles. The van der Waals surface area contributed by atoms with Gasteiger partial charge in [-0.3, -0.25) is 0 Å². The summed E-state index contributed by atoms with van der Waals surface area (Å²) in [5.74, 6) is 0.699. The Labute approximate surface area is 118 Å². The Morgan fingerprint density at radius 2 is 1.74 bits per heavy atom. The van der Waals surface area contributed by atoms with Crippen LogP contribution in [-0.4, -0.2) is 56.1 Å². The molecule has 0 amide bonds. The van der Waals surface area contributed by atoms with Crippen LogP contribution in [0.4, 0.5) is 0 Å². The highest BCUT2D eigenvalue weighted by Gasteiger charge is 2.33. The zero-order chi connectivity index (χ0) is 13.9. The van der Waals surface area contributed by atoms with Crippen LogP contribution in [0.25, 0.3) is 0 Å². The molecular weight excluding hydrogens is 260 g/mol. The van der Waals surface area contributed by atoms with E-state index in [0.29, 0.717) is 12.0 Å². The third kappa shape index (κ3) is 3.92.